The summed E-state index contributed by atoms with van der Waals surface area (Å²) in [7, 11) is -2.98. The molecule has 4 aromatic rings. The van der Waals surface area contributed by atoms with Gasteiger partial charge in [0, 0.05) is 25.2 Å². The number of pyridine rings is 1. The molecule has 3 amide bonds. The minimum atomic E-state index is -4.04. The maximum atomic E-state index is 13.2. The standard InChI is InChI=1S/C22H19FN6O4S/c1-28(22(24)31)34(32,33)17-8-2-14(3-9-17)10-26-21(30)19-11-25-13-20-18(19)12-27-29(20)16-6-4-15(23)5-7-16/h2-9,11-13H,10H2,1H3,(H2,24,31)(H,26,30). The summed E-state index contributed by atoms with van der Waals surface area (Å²) in [6, 6.07) is 10.4. The van der Waals surface area contributed by atoms with Gasteiger partial charge in [-0.15, -0.1) is 0 Å². The molecule has 4 rings (SSSR count). The molecule has 0 saturated heterocycles. The van der Waals surface area contributed by atoms with Crippen molar-refractivity contribution in [1.29, 1.82) is 0 Å². The molecule has 0 aliphatic rings. The molecule has 0 atom stereocenters. The van der Waals surface area contributed by atoms with Gasteiger partial charge in [-0.2, -0.15) is 5.10 Å². The van der Waals surface area contributed by atoms with Crippen LogP contribution >= 0.6 is 0 Å². The van der Waals surface area contributed by atoms with E-state index in [1.807, 2.05) is 0 Å². The summed E-state index contributed by atoms with van der Waals surface area (Å²) < 4.78 is 39.9. The molecule has 0 spiro atoms. The van der Waals surface area contributed by atoms with Crippen molar-refractivity contribution in [2.24, 2.45) is 5.73 Å². The number of nitrogens with two attached hydrogens (primary N) is 1. The van der Waals surface area contributed by atoms with Crippen LogP contribution in [0.2, 0.25) is 0 Å². The van der Waals surface area contributed by atoms with E-state index in [9.17, 15) is 22.4 Å². The van der Waals surface area contributed by atoms with Crippen molar-refractivity contribution in [3.63, 3.8) is 0 Å². The Morgan fingerprint density at radius 3 is 2.38 bits per heavy atom. The van der Waals surface area contributed by atoms with Gasteiger partial charge in [-0.25, -0.2) is 26.6 Å². The molecule has 2 aromatic heterocycles. The lowest BCUT2D eigenvalue weighted by atomic mass is 10.1. The molecule has 12 heteroatoms. The van der Waals surface area contributed by atoms with Gasteiger partial charge in [0.2, 0.25) is 0 Å². The average Bonchev–Trinajstić information content (AvgIpc) is 3.27. The van der Waals surface area contributed by atoms with E-state index in [4.69, 9.17) is 5.73 Å². The highest BCUT2D eigenvalue weighted by atomic mass is 32.2. The quantitative estimate of drug-likeness (QED) is 0.432. The van der Waals surface area contributed by atoms with Crippen LogP contribution in [0.15, 0.2) is 72.0 Å². The van der Waals surface area contributed by atoms with Gasteiger partial charge >= 0.3 is 6.03 Å². The predicted molar refractivity (Wildman–Crippen MR) is 121 cm³/mol. The minimum Gasteiger partial charge on any atom is -0.351 e. The van der Waals surface area contributed by atoms with E-state index in [1.54, 1.807) is 23.0 Å². The van der Waals surface area contributed by atoms with Crippen LogP contribution in [0.4, 0.5) is 9.18 Å². The second-order valence-electron chi connectivity index (χ2n) is 7.29. The molecule has 0 fully saturated rings. The fourth-order valence-electron chi connectivity index (χ4n) is 3.24. The number of carbonyl (C=O) groups is 2. The van der Waals surface area contributed by atoms with E-state index in [-0.39, 0.29) is 17.3 Å². The zero-order chi connectivity index (χ0) is 24.5. The molecule has 0 saturated carbocycles. The number of carbonyl (C=O) groups excluding carboxylic acids is 2. The Morgan fingerprint density at radius 1 is 1.06 bits per heavy atom. The van der Waals surface area contributed by atoms with Crippen LogP contribution in [0, 0.1) is 5.82 Å². The fourth-order valence-corrected chi connectivity index (χ4v) is 4.28. The molecule has 10 nitrogen and oxygen atoms in total. The number of hydrogen-bond acceptors (Lipinski definition) is 6. The maximum absolute atomic E-state index is 13.2. The highest BCUT2D eigenvalue weighted by Gasteiger charge is 2.23. The summed E-state index contributed by atoms with van der Waals surface area (Å²) in [6.07, 6.45) is 4.51. The summed E-state index contributed by atoms with van der Waals surface area (Å²) in [4.78, 5) is 28.0. The SMILES string of the molecule is CN(C(N)=O)S(=O)(=O)c1ccc(CNC(=O)c2cncc3c2cnn3-c2ccc(F)cc2)cc1. The van der Waals surface area contributed by atoms with Gasteiger partial charge < -0.3 is 11.1 Å². The number of primary amides is 1. The molecular weight excluding hydrogens is 463 g/mol. The number of halogens is 1. The first-order valence-corrected chi connectivity index (χ1v) is 11.4. The average molecular weight is 482 g/mol. The lowest BCUT2D eigenvalue weighted by Gasteiger charge is -2.15. The zero-order valence-corrected chi connectivity index (χ0v) is 18.7. The Kier molecular flexibility index (Phi) is 5.99. The van der Waals surface area contributed by atoms with Crippen LogP contribution in [0.25, 0.3) is 16.6 Å². The molecular formula is C22H19FN6O4S. The number of nitrogens with zero attached hydrogens (tertiary/aromatic N) is 4. The van der Waals surface area contributed by atoms with Crippen LogP contribution in [-0.2, 0) is 16.6 Å². The van der Waals surface area contributed by atoms with E-state index in [1.165, 1.54) is 48.8 Å². The maximum Gasteiger partial charge on any atom is 0.328 e. The topological polar surface area (TPSA) is 140 Å². The molecule has 2 aromatic carbocycles. The smallest absolute Gasteiger partial charge is 0.328 e. The van der Waals surface area contributed by atoms with Crippen molar-refractivity contribution >= 4 is 32.9 Å². The van der Waals surface area contributed by atoms with E-state index in [2.05, 4.69) is 15.4 Å². The Hall–Kier alpha value is -4.32. The van der Waals surface area contributed by atoms with Crippen molar-refractivity contribution in [3.8, 4) is 5.69 Å². The Bertz CT molecular complexity index is 1480. The normalized spacial score (nSPS) is 11.4. The molecule has 0 unspecified atom stereocenters. The van der Waals surface area contributed by atoms with E-state index in [0.29, 0.717) is 32.0 Å². The first kappa shape index (κ1) is 22.9. The molecule has 0 radical (unpaired) electrons. The van der Waals surface area contributed by atoms with Gasteiger partial charge in [0.25, 0.3) is 15.9 Å². The number of urea groups is 1. The number of sulfonamides is 1. The summed E-state index contributed by atoms with van der Waals surface area (Å²) in [5.74, 6) is -0.772. The number of fused-ring (bicyclic) bond motifs is 1. The second-order valence-corrected chi connectivity index (χ2v) is 9.26. The predicted octanol–water partition coefficient (Wildman–Crippen LogP) is 2.19. The molecule has 0 aliphatic carbocycles. The molecule has 2 heterocycles. The Balaban J connectivity index is 1.51. The highest BCUT2D eigenvalue weighted by Crippen LogP contribution is 2.21. The van der Waals surface area contributed by atoms with Crippen molar-refractivity contribution in [2.45, 2.75) is 11.4 Å². The minimum absolute atomic E-state index is 0.106. The van der Waals surface area contributed by atoms with Gasteiger partial charge in [-0.1, -0.05) is 12.1 Å². The summed E-state index contributed by atoms with van der Waals surface area (Å²) in [6.45, 7) is 0.118. The summed E-state index contributed by atoms with van der Waals surface area (Å²) >= 11 is 0. The number of benzene rings is 2. The third-order valence-electron chi connectivity index (χ3n) is 5.16. The van der Waals surface area contributed by atoms with Crippen LogP contribution in [-0.4, -0.2) is 46.5 Å². The lowest BCUT2D eigenvalue weighted by Crippen LogP contribution is -2.37. The summed E-state index contributed by atoms with van der Waals surface area (Å²) in [5, 5.41) is 7.62. The molecule has 0 bridgehead atoms. The Morgan fingerprint density at radius 2 is 1.74 bits per heavy atom. The number of hydrogen-bond donors (Lipinski definition) is 2. The van der Waals surface area contributed by atoms with Gasteiger partial charge in [0.1, 0.15) is 5.82 Å². The first-order chi connectivity index (χ1) is 16.2. The molecule has 3 N–H and O–H groups in total. The van der Waals surface area contributed by atoms with Crippen LogP contribution in [0.3, 0.4) is 0 Å². The van der Waals surface area contributed by atoms with Crippen molar-refractivity contribution in [1.82, 2.24) is 24.4 Å². The highest BCUT2D eigenvalue weighted by molar-refractivity contribution is 7.89. The summed E-state index contributed by atoms with van der Waals surface area (Å²) in [5.41, 5.74) is 7.17. The first-order valence-electron chi connectivity index (χ1n) is 9.91. The Labute approximate surface area is 193 Å². The number of nitrogens with one attached hydrogen (secondary N) is 1. The van der Waals surface area contributed by atoms with Crippen LogP contribution < -0.4 is 11.1 Å². The third kappa shape index (κ3) is 4.30. The van der Waals surface area contributed by atoms with Crippen molar-refractivity contribution in [3.05, 3.63) is 84.1 Å². The molecule has 174 valence electrons. The second kappa shape index (κ2) is 8.90. The van der Waals surface area contributed by atoms with Crippen LogP contribution in [0.5, 0.6) is 0 Å². The van der Waals surface area contributed by atoms with Gasteiger partial charge in [-0.3, -0.25) is 9.78 Å². The largest absolute Gasteiger partial charge is 0.351 e. The van der Waals surface area contributed by atoms with E-state index < -0.39 is 22.0 Å². The third-order valence-corrected chi connectivity index (χ3v) is 6.93. The monoisotopic (exact) mass is 482 g/mol. The molecule has 34 heavy (non-hydrogen) atoms. The lowest BCUT2D eigenvalue weighted by molar-refractivity contribution is 0.0952. The van der Waals surface area contributed by atoms with Crippen LogP contribution in [0.1, 0.15) is 15.9 Å². The number of amides is 3. The van der Waals surface area contributed by atoms with E-state index in [0.717, 1.165) is 7.05 Å². The number of aromatic nitrogens is 3. The van der Waals surface area contributed by atoms with Gasteiger partial charge in [0.15, 0.2) is 0 Å². The van der Waals surface area contributed by atoms with Crippen molar-refractivity contribution in [2.75, 3.05) is 7.05 Å². The fraction of sp³-hybridized carbons (Fsp3) is 0.0909. The van der Waals surface area contributed by atoms with Gasteiger partial charge in [-0.05, 0) is 42.0 Å². The zero-order valence-electron chi connectivity index (χ0n) is 17.8. The molecule has 0 aliphatic heterocycles. The van der Waals surface area contributed by atoms with Crippen molar-refractivity contribution < 1.29 is 22.4 Å². The number of rotatable bonds is 6. The van der Waals surface area contributed by atoms with E-state index >= 15 is 0 Å². The van der Waals surface area contributed by atoms with Gasteiger partial charge in [0.05, 0.1) is 34.1 Å².